The van der Waals surface area contributed by atoms with Crippen molar-refractivity contribution in [2.75, 3.05) is 12.9 Å². The lowest BCUT2D eigenvalue weighted by atomic mass is 10.2. The molecule has 0 fully saturated rings. The van der Waals surface area contributed by atoms with Gasteiger partial charge in [-0.2, -0.15) is 0 Å². The molecule has 0 aliphatic carbocycles. The quantitative estimate of drug-likeness (QED) is 0.424. The van der Waals surface area contributed by atoms with Gasteiger partial charge in [-0.1, -0.05) is 36.4 Å². The highest BCUT2D eigenvalue weighted by atomic mass is 35.5. The second-order valence-corrected chi connectivity index (χ2v) is 8.65. The van der Waals surface area contributed by atoms with E-state index in [1.807, 2.05) is 67.8 Å². The number of nitrogens with zero attached hydrogens (tertiary/aromatic N) is 3. The lowest BCUT2D eigenvalue weighted by Gasteiger charge is -2.13. The van der Waals surface area contributed by atoms with Gasteiger partial charge in [-0.25, -0.2) is 0 Å². The molecule has 0 radical (unpaired) electrons. The van der Waals surface area contributed by atoms with Gasteiger partial charge in [0.25, 0.3) is 0 Å². The standard InChI is InChI=1S/C23H27ClN4O3S/c1-5-16(3)25-22(29)14-32-23-27-26-21(13-31-19-10-8-18(30-4)9-11-19)28(23)17-7-6-15(2)20(24)12-17/h6-12,16H,5,13-14H2,1-4H3,(H,25,29). The number of benzene rings is 2. The molecule has 2 aromatic carbocycles. The van der Waals surface area contributed by atoms with Gasteiger partial charge >= 0.3 is 0 Å². The van der Waals surface area contributed by atoms with Gasteiger partial charge in [-0.05, 0) is 62.2 Å². The van der Waals surface area contributed by atoms with Crippen molar-refractivity contribution < 1.29 is 14.3 Å². The van der Waals surface area contributed by atoms with E-state index in [0.29, 0.717) is 21.8 Å². The van der Waals surface area contributed by atoms with E-state index < -0.39 is 0 Å². The molecule has 1 unspecified atom stereocenters. The molecule has 3 rings (SSSR count). The largest absolute Gasteiger partial charge is 0.497 e. The first-order valence-corrected chi connectivity index (χ1v) is 11.7. The van der Waals surface area contributed by atoms with Crippen molar-refractivity contribution in [2.24, 2.45) is 0 Å². The second-order valence-electron chi connectivity index (χ2n) is 7.30. The van der Waals surface area contributed by atoms with Crippen molar-refractivity contribution in [3.05, 3.63) is 58.9 Å². The van der Waals surface area contributed by atoms with Gasteiger partial charge in [-0.15, -0.1) is 10.2 Å². The summed E-state index contributed by atoms with van der Waals surface area (Å²) in [6, 6.07) is 13.2. The third-order valence-corrected chi connectivity index (χ3v) is 6.23. The maximum absolute atomic E-state index is 12.3. The number of carbonyl (C=O) groups excluding carboxylic acids is 1. The molecule has 1 aromatic heterocycles. The number of amides is 1. The summed E-state index contributed by atoms with van der Waals surface area (Å²) in [6.07, 6.45) is 0.876. The van der Waals surface area contributed by atoms with Crippen molar-refractivity contribution in [2.45, 2.75) is 45.0 Å². The normalized spacial score (nSPS) is 11.8. The van der Waals surface area contributed by atoms with Crippen LogP contribution in [0, 0.1) is 6.92 Å². The van der Waals surface area contributed by atoms with Crippen molar-refractivity contribution in [3.63, 3.8) is 0 Å². The predicted octanol–water partition coefficient (Wildman–Crippen LogP) is 4.82. The Morgan fingerprint density at radius 3 is 2.56 bits per heavy atom. The summed E-state index contributed by atoms with van der Waals surface area (Å²) in [7, 11) is 1.62. The Bertz CT molecular complexity index is 1060. The molecule has 0 bridgehead atoms. The van der Waals surface area contributed by atoms with Crippen LogP contribution in [0.2, 0.25) is 5.02 Å². The summed E-state index contributed by atoms with van der Waals surface area (Å²) >= 11 is 7.69. The number of aromatic nitrogens is 3. The molecule has 1 amide bonds. The van der Waals surface area contributed by atoms with Crippen LogP contribution in [0.15, 0.2) is 47.6 Å². The van der Waals surface area contributed by atoms with Crippen LogP contribution < -0.4 is 14.8 Å². The molecule has 1 heterocycles. The Morgan fingerprint density at radius 2 is 1.91 bits per heavy atom. The van der Waals surface area contributed by atoms with Gasteiger partial charge in [0, 0.05) is 11.1 Å². The lowest BCUT2D eigenvalue weighted by Crippen LogP contribution is -2.33. The summed E-state index contributed by atoms with van der Waals surface area (Å²) < 4.78 is 13.0. The minimum Gasteiger partial charge on any atom is -0.497 e. The molecule has 0 spiro atoms. The number of rotatable bonds is 10. The minimum atomic E-state index is -0.0446. The van der Waals surface area contributed by atoms with Gasteiger partial charge in [0.2, 0.25) is 5.91 Å². The van der Waals surface area contributed by atoms with Crippen LogP contribution in [0.4, 0.5) is 0 Å². The van der Waals surface area contributed by atoms with Crippen LogP contribution in [0.25, 0.3) is 5.69 Å². The predicted molar refractivity (Wildman–Crippen MR) is 127 cm³/mol. The van der Waals surface area contributed by atoms with E-state index >= 15 is 0 Å². The number of hydrogen-bond acceptors (Lipinski definition) is 6. The Hall–Kier alpha value is -2.71. The highest BCUT2D eigenvalue weighted by Crippen LogP contribution is 2.26. The van der Waals surface area contributed by atoms with E-state index in [9.17, 15) is 4.79 Å². The maximum atomic E-state index is 12.3. The molecule has 1 N–H and O–H groups in total. The molecular formula is C23H27ClN4O3S. The van der Waals surface area contributed by atoms with Crippen LogP contribution in [0.1, 0.15) is 31.7 Å². The number of nitrogens with one attached hydrogen (secondary N) is 1. The zero-order valence-corrected chi connectivity index (χ0v) is 20.2. The van der Waals surface area contributed by atoms with Crippen LogP contribution in [-0.2, 0) is 11.4 Å². The van der Waals surface area contributed by atoms with E-state index in [-0.39, 0.29) is 24.3 Å². The van der Waals surface area contributed by atoms with Crippen LogP contribution in [0.3, 0.4) is 0 Å². The first-order valence-electron chi connectivity index (χ1n) is 10.3. The summed E-state index contributed by atoms with van der Waals surface area (Å²) in [5.41, 5.74) is 1.78. The average Bonchev–Trinajstić information content (AvgIpc) is 3.21. The first-order chi connectivity index (χ1) is 15.4. The third-order valence-electron chi connectivity index (χ3n) is 4.89. The van der Waals surface area contributed by atoms with E-state index in [1.165, 1.54) is 11.8 Å². The molecule has 0 aliphatic heterocycles. The number of halogens is 1. The summed E-state index contributed by atoms with van der Waals surface area (Å²) in [4.78, 5) is 12.3. The van der Waals surface area contributed by atoms with Crippen molar-refractivity contribution in [1.29, 1.82) is 0 Å². The van der Waals surface area contributed by atoms with E-state index in [2.05, 4.69) is 15.5 Å². The molecule has 0 saturated heterocycles. The van der Waals surface area contributed by atoms with Crippen molar-refractivity contribution in [1.82, 2.24) is 20.1 Å². The fourth-order valence-corrected chi connectivity index (χ4v) is 3.79. The smallest absolute Gasteiger partial charge is 0.230 e. The highest BCUT2D eigenvalue weighted by molar-refractivity contribution is 7.99. The van der Waals surface area contributed by atoms with Crippen LogP contribution in [-0.4, -0.2) is 39.6 Å². The van der Waals surface area contributed by atoms with E-state index in [4.69, 9.17) is 21.1 Å². The van der Waals surface area contributed by atoms with Gasteiger partial charge in [0.05, 0.1) is 18.6 Å². The molecule has 32 heavy (non-hydrogen) atoms. The molecule has 1 atom stereocenters. The van der Waals surface area contributed by atoms with Gasteiger partial charge < -0.3 is 14.8 Å². The zero-order chi connectivity index (χ0) is 23.1. The van der Waals surface area contributed by atoms with Gasteiger partial charge in [-0.3, -0.25) is 9.36 Å². The molecule has 9 heteroatoms. The maximum Gasteiger partial charge on any atom is 0.230 e. The second kappa shape index (κ2) is 11.2. The minimum absolute atomic E-state index is 0.0446. The lowest BCUT2D eigenvalue weighted by molar-refractivity contribution is -0.119. The fourth-order valence-electron chi connectivity index (χ4n) is 2.84. The van der Waals surface area contributed by atoms with Crippen LogP contribution in [0.5, 0.6) is 11.5 Å². The van der Waals surface area contributed by atoms with Crippen molar-refractivity contribution >= 4 is 29.3 Å². The van der Waals surface area contributed by atoms with Gasteiger partial charge in [0.15, 0.2) is 11.0 Å². The summed E-state index contributed by atoms with van der Waals surface area (Å²) in [5.74, 6) is 2.23. The molecule has 0 saturated carbocycles. The number of carbonyl (C=O) groups is 1. The number of hydrogen-bond donors (Lipinski definition) is 1. The summed E-state index contributed by atoms with van der Waals surface area (Å²) in [6.45, 7) is 6.16. The number of methoxy groups -OCH3 is 1. The average molecular weight is 475 g/mol. The molecular weight excluding hydrogens is 448 g/mol. The van der Waals surface area contributed by atoms with Crippen molar-refractivity contribution in [3.8, 4) is 17.2 Å². The Morgan fingerprint density at radius 1 is 1.19 bits per heavy atom. The topological polar surface area (TPSA) is 78.3 Å². The Kier molecular flexibility index (Phi) is 8.41. The monoisotopic (exact) mass is 474 g/mol. The SMILES string of the molecule is CCC(C)NC(=O)CSc1nnc(COc2ccc(OC)cc2)n1-c1ccc(C)c(Cl)c1. The van der Waals surface area contributed by atoms with E-state index in [0.717, 1.165) is 23.4 Å². The zero-order valence-electron chi connectivity index (χ0n) is 18.6. The third kappa shape index (κ3) is 6.17. The number of ether oxygens (including phenoxy) is 2. The number of thioether (sulfide) groups is 1. The molecule has 3 aromatic rings. The molecule has 170 valence electrons. The summed E-state index contributed by atoms with van der Waals surface area (Å²) in [5, 5.41) is 12.8. The van der Waals surface area contributed by atoms with Gasteiger partial charge in [0.1, 0.15) is 18.1 Å². The van der Waals surface area contributed by atoms with E-state index in [1.54, 1.807) is 7.11 Å². The number of aryl methyl sites for hydroxylation is 1. The Labute approximate surface area is 197 Å². The highest BCUT2D eigenvalue weighted by Gasteiger charge is 2.18. The van der Waals surface area contributed by atoms with Crippen LogP contribution >= 0.6 is 23.4 Å². The first kappa shape index (κ1) is 23.9. The Balaban J connectivity index is 1.82. The molecule has 7 nitrogen and oxygen atoms in total. The molecule has 0 aliphatic rings. The fraction of sp³-hybridized carbons (Fsp3) is 0.348.